The lowest BCUT2D eigenvalue weighted by molar-refractivity contribution is 0.207. The van der Waals surface area contributed by atoms with Gasteiger partial charge in [0, 0.05) is 28.2 Å². The summed E-state index contributed by atoms with van der Waals surface area (Å²) in [5, 5.41) is 22.4. The van der Waals surface area contributed by atoms with Crippen LogP contribution in [-0.2, 0) is 28.2 Å². The number of hydrogen-bond donors (Lipinski definition) is 2. The molecule has 0 aliphatic rings. The molecule has 0 radical (unpaired) electrons. The zero-order valence-corrected chi connectivity index (χ0v) is 23.9. The minimum absolute atomic E-state index is 0.0569. The normalized spacial score (nSPS) is 12.1. The second kappa shape index (κ2) is 10.7. The topological polar surface area (TPSA) is 113 Å². The van der Waals surface area contributed by atoms with Gasteiger partial charge in [-0.1, -0.05) is 18.5 Å². The van der Waals surface area contributed by atoms with E-state index in [0.717, 1.165) is 0 Å². The first-order valence-corrected chi connectivity index (χ1v) is 12.5. The average Bonchev–Trinajstić information content (AvgIpc) is 2.88. The van der Waals surface area contributed by atoms with Crippen LogP contribution in [0.25, 0.3) is 0 Å². The van der Waals surface area contributed by atoms with Crippen LogP contribution in [0.2, 0.25) is 5.02 Å². The fraction of sp³-hybridized carbons (Fsp3) is 0.417. The molecule has 0 saturated carbocycles. The molecular weight excluding hydrogens is 540 g/mol. The monoisotopic (exact) mass is 568 g/mol. The summed E-state index contributed by atoms with van der Waals surface area (Å²) in [6.45, 7) is 3.83. The van der Waals surface area contributed by atoms with E-state index in [4.69, 9.17) is 45.5 Å². The Hall–Kier alpha value is -3.09. The summed E-state index contributed by atoms with van der Waals surface area (Å²) >= 11 is 17.2. The van der Waals surface area contributed by atoms with E-state index in [2.05, 4.69) is 0 Å². The fourth-order valence-corrected chi connectivity index (χ4v) is 4.61. The number of methoxy groups -OCH3 is 1. The molecule has 0 spiro atoms. The van der Waals surface area contributed by atoms with Crippen molar-refractivity contribution in [2.75, 3.05) is 7.11 Å². The SMILES string of the molecule is CC[C@H](C)Oc1c(Cl)cc(C(c2c(O)n(C)c(=S)n(C)c2=O)c2c(O)n(C)c(=S)n(C)c2=O)cc1OC. The van der Waals surface area contributed by atoms with Crippen molar-refractivity contribution >= 4 is 36.0 Å². The van der Waals surface area contributed by atoms with Crippen LogP contribution in [0.15, 0.2) is 21.7 Å². The Morgan fingerprint density at radius 3 is 1.78 bits per heavy atom. The first-order chi connectivity index (χ1) is 17.3. The molecular formula is C24H29ClN4O6S2. The van der Waals surface area contributed by atoms with Crippen LogP contribution in [-0.4, -0.2) is 41.7 Å². The number of aromatic hydroxyl groups is 2. The van der Waals surface area contributed by atoms with Gasteiger partial charge in [0.2, 0.25) is 11.8 Å². The lowest BCUT2D eigenvalue weighted by Crippen LogP contribution is -2.33. The highest BCUT2D eigenvalue weighted by molar-refractivity contribution is 7.71. The standard InChI is InChI=1S/C24H29ClN4O6S2/c1-8-11(2)35-18-13(25)9-12(10-14(18)34-7)15(16-19(30)26(3)23(36)27(4)20(16)31)17-21(32)28(5)24(37)29(6)22(17)33/h9-11,15,30,32H,8H2,1-7H3/t11-/m0/s1. The lowest BCUT2D eigenvalue weighted by atomic mass is 9.86. The molecule has 2 aromatic heterocycles. The third-order valence-electron chi connectivity index (χ3n) is 6.39. The summed E-state index contributed by atoms with van der Waals surface area (Å²) in [5.41, 5.74) is -1.43. The first-order valence-electron chi connectivity index (χ1n) is 11.3. The van der Waals surface area contributed by atoms with Crippen molar-refractivity contribution in [3.8, 4) is 23.3 Å². The van der Waals surface area contributed by atoms with Crippen molar-refractivity contribution in [2.24, 2.45) is 28.2 Å². The van der Waals surface area contributed by atoms with E-state index >= 15 is 0 Å². The first kappa shape index (κ1) is 28.5. The van der Waals surface area contributed by atoms with Crippen LogP contribution in [0.5, 0.6) is 23.3 Å². The Bertz CT molecular complexity index is 1540. The average molecular weight is 569 g/mol. The van der Waals surface area contributed by atoms with Crippen LogP contribution in [0.3, 0.4) is 0 Å². The maximum Gasteiger partial charge on any atom is 0.262 e. The van der Waals surface area contributed by atoms with E-state index in [0.29, 0.717) is 6.42 Å². The van der Waals surface area contributed by atoms with Crippen molar-refractivity contribution < 1.29 is 19.7 Å². The minimum Gasteiger partial charge on any atom is -0.494 e. The molecule has 0 fully saturated rings. The van der Waals surface area contributed by atoms with Crippen molar-refractivity contribution in [1.29, 1.82) is 0 Å². The van der Waals surface area contributed by atoms with E-state index in [-0.39, 0.29) is 48.9 Å². The van der Waals surface area contributed by atoms with E-state index in [9.17, 15) is 19.8 Å². The molecule has 1 aromatic carbocycles. The Morgan fingerprint density at radius 2 is 1.38 bits per heavy atom. The Balaban J connectivity index is 2.55. The molecule has 0 saturated heterocycles. The molecule has 37 heavy (non-hydrogen) atoms. The molecule has 0 unspecified atom stereocenters. The molecule has 0 amide bonds. The summed E-state index contributed by atoms with van der Waals surface area (Å²) in [7, 11) is 7.30. The van der Waals surface area contributed by atoms with Gasteiger partial charge in [0.05, 0.1) is 35.3 Å². The highest BCUT2D eigenvalue weighted by Crippen LogP contribution is 2.44. The fourth-order valence-electron chi connectivity index (χ4n) is 4.01. The van der Waals surface area contributed by atoms with Gasteiger partial charge in [-0.15, -0.1) is 0 Å². The number of halogens is 1. The van der Waals surface area contributed by atoms with Gasteiger partial charge in [-0.2, -0.15) is 0 Å². The number of nitrogens with zero attached hydrogens (tertiary/aromatic N) is 4. The van der Waals surface area contributed by atoms with Crippen LogP contribution < -0.4 is 20.6 Å². The van der Waals surface area contributed by atoms with E-state index < -0.39 is 28.8 Å². The number of rotatable bonds is 7. The van der Waals surface area contributed by atoms with Gasteiger partial charge < -0.3 is 19.7 Å². The Morgan fingerprint density at radius 1 is 0.919 bits per heavy atom. The minimum atomic E-state index is -1.29. The molecule has 2 N–H and O–H groups in total. The lowest BCUT2D eigenvalue weighted by Gasteiger charge is -2.24. The number of hydrogen-bond acceptors (Lipinski definition) is 8. The molecule has 0 aliphatic carbocycles. The van der Waals surface area contributed by atoms with Crippen LogP contribution in [0, 0.1) is 9.54 Å². The van der Waals surface area contributed by atoms with Gasteiger partial charge in [0.25, 0.3) is 11.1 Å². The molecule has 3 aromatic rings. The second-order valence-electron chi connectivity index (χ2n) is 8.69. The molecule has 200 valence electrons. The number of benzene rings is 1. The van der Waals surface area contributed by atoms with Gasteiger partial charge >= 0.3 is 0 Å². The predicted octanol–water partition coefficient (Wildman–Crippen LogP) is 3.65. The Kier molecular flexibility index (Phi) is 8.25. The smallest absolute Gasteiger partial charge is 0.262 e. The van der Waals surface area contributed by atoms with E-state index in [1.54, 1.807) is 6.07 Å². The highest BCUT2D eigenvalue weighted by atomic mass is 35.5. The zero-order chi connectivity index (χ0) is 27.9. The molecule has 2 heterocycles. The van der Waals surface area contributed by atoms with Crippen LogP contribution in [0.4, 0.5) is 0 Å². The maximum atomic E-state index is 13.5. The summed E-state index contributed by atoms with van der Waals surface area (Å²) in [4.78, 5) is 27.0. The van der Waals surface area contributed by atoms with E-state index in [1.165, 1.54) is 59.6 Å². The zero-order valence-electron chi connectivity index (χ0n) is 21.5. The molecule has 0 bridgehead atoms. The molecule has 0 aliphatic heterocycles. The van der Waals surface area contributed by atoms with Crippen molar-refractivity contribution in [3.05, 3.63) is 64.1 Å². The van der Waals surface area contributed by atoms with Gasteiger partial charge in [0.15, 0.2) is 21.0 Å². The van der Waals surface area contributed by atoms with Crippen LogP contribution >= 0.6 is 36.0 Å². The second-order valence-corrected chi connectivity index (χ2v) is 9.83. The summed E-state index contributed by atoms with van der Waals surface area (Å²) in [6.07, 6.45) is 0.545. The van der Waals surface area contributed by atoms with Gasteiger partial charge in [-0.05, 0) is 55.5 Å². The van der Waals surface area contributed by atoms with E-state index in [1.807, 2.05) is 13.8 Å². The van der Waals surface area contributed by atoms with Gasteiger partial charge in [-0.3, -0.25) is 27.9 Å². The highest BCUT2D eigenvalue weighted by Gasteiger charge is 2.33. The summed E-state index contributed by atoms with van der Waals surface area (Å²) < 4.78 is 16.4. The van der Waals surface area contributed by atoms with Gasteiger partial charge in [-0.25, -0.2) is 0 Å². The van der Waals surface area contributed by atoms with Crippen LogP contribution in [0.1, 0.15) is 42.9 Å². The predicted molar refractivity (Wildman–Crippen MR) is 146 cm³/mol. The van der Waals surface area contributed by atoms with Crippen molar-refractivity contribution in [1.82, 2.24) is 18.3 Å². The molecule has 1 atom stereocenters. The summed E-state index contributed by atoms with van der Waals surface area (Å²) in [6, 6.07) is 3.06. The number of aromatic nitrogens is 4. The summed E-state index contributed by atoms with van der Waals surface area (Å²) in [5.74, 6) is -1.70. The third-order valence-corrected chi connectivity index (χ3v) is 7.77. The number of ether oxygens (including phenoxy) is 2. The van der Waals surface area contributed by atoms with Gasteiger partial charge in [0.1, 0.15) is 0 Å². The largest absolute Gasteiger partial charge is 0.494 e. The Labute approximate surface area is 228 Å². The molecule has 13 heteroatoms. The maximum absolute atomic E-state index is 13.5. The third kappa shape index (κ3) is 4.80. The quantitative estimate of drug-likeness (QED) is 0.415. The van der Waals surface area contributed by atoms with Crippen molar-refractivity contribution in [2.45, 2.75) is 32.3 Å². The molecule has 3 rings (SSSR count). The molecule has 10 nitrogen and oxygen atoms in total. The van der Waals surface area contributed by atoms with Crippen molar-refractivity contribution in [3.63, 3.8) is 0 Å².